The van der Waals surface area contributed by atoms with Gasteiger partial charge in [-0.25, -0.2) is 17.9 Å². The van der Waals surface area contributed by atoms with E-state index in [9.17, 15) is 18.0 Å². The summed E-state index contributed by atoms with van der Waals surface area (Å²) in [7, 11) is -2.57. The summed E-state index contributed by atoms with van der Waals surface area (Å²) in [6.45, 7) is 1.67. The first-order valence-corrected chi connectivity index (χ1v) is 10.3. The maximum Gasteiger partial charge on any atom is 0.338 e. The van der Waals surface area contributed by atoms with Crippen LogP contribution >= 0.6 is 11.6 Å². The number of benzene rings is 1. The summed E-state index contributed by atoms with van der Waals surface area (Å²) in [6.07, 6.45) is 4.22. The van der Waals surface area contributed by atoms with Gasteiger partial charge < -0.3 is 10.1 Å². The Morgan fingerprint density at radius 1 is 1.27 bits per heavy atom. The molecule has 144 valence electrons. The molecule has 0 unspecified atom stereocenters. The smallest absolute Gasteiger partial charge is 0.338 e. The van der Waals surface area contributed by atoms with E-state index in [0.29, 0.717) is 5.92 Å². The number of hydrogen-bond acceptors (Lipinski definition) is 5. The number of carbonyl (C=O) groups is 2. The molecule has 1 aromatic rings. The van der Waals surface area contributed by atoms with Gasteiger partial charge in [-0.1, -0.05) is 31.4 Å². The summed E-state index contributed by atoms with van der Waals surface area (Å²) >= 11 is 5.88. The minimum absolute atomic E-state index is 0.00191. The monoisotopic (exact) mass is 402 g/mol. The first kappa shape index (κ1) is 20.7. The number of hydrogen-bond donors (Lipinski definition) is 2. The largest absolute Gasteiger partial charge is 0.452 e. The molecule has 0 bridgehead atoms. The van der Waals surface area contributed by atoms with Crippen molar-refractivity contribution in [1.29, 1.82) is 0 Å². The van der Waals surface area contributed by atoms with E-state index in [4.69, 9.17) is 16.3 Å². The number of carbonyl (C=O) groups excluding carboxylic acids is 2. The molecule has 1 aliphatic carbocycles. The standard InChI is InChI=1S/C17H23ClN2O5S/c1-11-5-3-4-6-14(11)20-16(21)10-25-17(22)12-7-8-13(18)15(9-12)26(23,24)19-2/h7-9,11,14,19H,3-6,10H2,1-2H3,(H,20,21)/t11-,14-/m1/s1. The van der Waals surface area contributed by atoms with Crippen molar-refractivity contribution in [3.63, 3.8) is 0 Å². The second-order valence-electron chi connectivity index (χ2n) is 6.36. The second-order valence-corrected chi connectivity index (χ2v) is 8.63. The zero-order valence-electron chi connectivity index (χ0n) is 14.7. The van der Waals surface area contributed by atoms with Gasteiger partial charge >= 0.3 is 5.97 Å². The molecular formula is C17H23ClN2O5S. The van der Waals surface area contributed by atoms with E-state index < -0.39 is 22.6 Å². The SMILES string of the molecule is CNS(=O)(=O)c1cc(C(=O)OCC(=O)N[C@@H]2CCCC[C@H]2C)ccc1Cl. The molecule has 0 aliphatic heterocycles. The molecular weight excluding hydrogens is 380 g/mol. The van der Waals surface area contributed by atoms with Crippen LogP contribution in [0.4, 0.5) is 0 Å². The normalized spacial score (nSPS) is 20.4. The van der Waals surface area contributed by atoms with Gasteiger partial charge in [-0.2, -0.15) is 0 Å². The fraction of sp³-hybridized carbons (Fsp3) is 0.529. The van der Waals surface area contributed by atoms with Gasteiger partial charge in [-0.05, 0) is 44.0 Å². The van der Waals surface area contributed by atoms with Crippen molar-refractivity contribution in [2.45, 2.75) is 43.5 Å². The van der Waals surface area contributed by atoms with E-state index >= 15 is 0 Å². The summed E-state index contributed by atoms with van der Waals surface area (Å²) in [4.78, 5) is 23.9. The van der Waals surface area contributed by atoms with Crippen LogP contribution in [0.3, 0.4) is 0 Å². The first-order chi connectivity index (χ1) is 12.2. The van der Waals surface area contributed by atoms with Crippen molar-refractivity contribution in [3.8, 4) is 0 Å². The lowest BCUT2D eigenvalue weighted by Crippen LogP contribution is -2.42. The molecule has 2 atom stereocenters. The molecule has 1 saturated carbocycles. The Bertz CT molecular complexity index is 781. The van der Waals surface area contributed by atoms with Crippen LogP contribution in [0.2, 0.25) is 5.02 Å². The summed E-state index contributed by atoms with van der Waals surface area (Å²) in [5.74, 6) is -0.760. The predicted octanol–water partition coefficient (Wildman–Crippen LogP) is 2.10. The number of amides is 1. The zero-order valence-corrected chi connectivity index (χ0v) is 16.3. The Hall–Kier alpha value is -1.64. The molecule has 1 fully saturated rings. The van der Waals surface area contributed by atoms with Crippen molar-refractivity contribution < 1.29 is 22.7 Å². The minimum Gasteiger partial charge on any atom is -0.452 e. The van der Waals surface area contributed by atoms with E-state index in [2.05, 4.69) is 17.0 Å². The van der Waals surface area contributed by atoms with Gasteiger partial charge in [-0.3, -0.25) is 4.79 Å². The van der Waals surface area contributed by atoms with Crippen LogP contribution in [-0.2, 0) is 19.6 Å². The lowest BCUT2D eigenvalue weighted by atomic mass is 9.86. The van der Waals surface area contributed by atoms with Gasteiger partial charge in [0.25, 0.3) is 5.91 Å². The van der Waals surface area contributed by atoms with Gasteiger partial charge in [0.1, 0.15) is 4.90 Å². The average molecular weight is 403 g/mol. The van der Waals surface area contributed by atoms with Crippen molar-refractivity contribution in [1.82, 2.24) is 10.0 Å². The van der Waals surface area contributed by atoms with Crippen molar-refractivity contribution in [2.24, 2.45) is 5.92 Å². The fourth-order valence-electron chi connectivity index (χ4n) is 2.94. The summed E-state index contributed by atoms with van der Waals surface area (Å²) < 4.78 is 30.9. The number of rotatable bonds is 6. The number of ether oxygens (including phenoxy) is 1. The molecule has 0 heterocycles. The van der Waals surface area contributed by atoms with Crippen molar-refractivity contribution >= 4 is 33.5 Å². The molecule has 2 rings (SSSR count). The lowest BCUT2D eigenvalue weighted by Gasteiger charge is -2.29. The van der Waals surface area contributed by atoms with E-state index in [1.165, 1.54) is 19.2 Å². The highest BCUT2D eigenvalue weighted by atomic mass is 35.5. The van der Waals surface area contributed by atoms with Crippen molar-refractivity contribution in [2.75, 3.05) is 13.7 Å². The maximum atomic E-state index is 12.1. The fourth-order valence-corrected chi connectivity index (χ4v) is 4.19. The minimum atomic E-state index is -3.81. The van der Waals surface area contributed by atoms with E-state index in [0.717, 1.165) is 31.7 Å². The molecule has 1 aliphatic rings. The highest BCUT2D eigenvalue weighted by Crippen LogP contribution is 2.24. The molecule has 1 aromatic carbocycles. The molecule has 26 heavy (non-hydrogen) atoms. The van der Waals surface area contributed by atoms with Crippen LogP contribution in [0.5, 0.6) is 0 Å². The van der Waals surface area contributed by atoms with Crippen LogP contribution in [0, 0.1) is 5.92 Å². The molecule has 1 amide bonds. The quantitative estimate of drug-likeness (QED) is 0.709. The topological polar surface area (TPSA) is 102 Å². The summed E-state index contributed by atoms with van der Waals surface area (Å²) in [5, 5.41) is 2.87. The van der Waals surface area contributed by atoms with Crippen LogP contribution in [0.1, 0.15) is 43.0 Å². The molecule has 2 N–H and O–H groups in total. The van der Waals surface area contributed by atoms with E-state index in [-0.39, 0.29) is 27.4 Å². The molecule has 9 heteroatoms. The second kappa shape index (κ2) is 8.83. The average Bonchev–Trinajstić information content (AvgIpc) is 2.62. The number of nitrogens with one attached hydrogen (secondary N) is 2. The Morgan fingerprint density at radius 3 is 2.62 bits per heavy atom. The van der Waals surface area contributed by atoms with E-state index in [1.54, 1.807) is 0 Å². The highest BCUT2D eigenvalue weighted by Gasteiger charge is 2.24. The van der Waals surface area contributed by atoms with Crippen LogP contribution in [0.15, 0.2) is 23.1 Å². The molecule has 0 aromatic heterocycles. The third-order valence-corrected chi connectivity index (χ3v) is 6.41. The number of esters is 1. The summed E-state index contributed by atoms with van der Waals surface area (Å²) in [5.41, 5.74) is 0.00191. The van der Waals surface area contributed by atoms with Crippen LogP contribution in [0.25, 0.3) is 0 Å². The Balaban J connectivity index is 1.97. The van der Waals surface area contributed by atoms with Gasteiger partial charge in [0, 0.05) is 6.04 Å². The number of sulfonamides is 1. The van der Waals surface area contributed by atoms with Gasteiger partial charge in [0.05, 0.1) is 10.6 Å². The predicted molar refractivity (Wildman–Crippen MR) is 97.5 cm³/mol. The Morgan fingerprint density at radius 2 is 1.96 bits per heavy atom. The third kappa shape index (κ3) is 5.18. The lowest BCUT2D eigenvalue weighted by molar-refractivity contribution is -0.125. The third-order valence-electron chi connectivity index (χ3n) is 4.52. The zero-order chi connectivity index (χ0) is 19.3. The molecule has 0 radical (unpaired) electrons. The maximum absolute atomic E-state index is 12.1. The van der Waals surface area contributed by atoms with Crippen LogP contribution in [-0.4, -0.2) is 40.0 Å². The molecule has 7 nitrogen and oxygen atoms in total. The van der Waals surface area contributed by atoms with Gasteiger partial charge in [-0.15, -0.1) is 0 Å². The summed E-state index contributed by atoms with van der Waals surface area (Å²) in [6, 6.07) is 3.86. The number of halogens is 1. The van der Waals surface area contributed by atoms with E-state index in [1.807, 2.05) is 0 Å². The molecule has 0 spiro atoms. The Kier molecular flexibility index (Phi) is 7.02. The van der Waals surface area contributed by atoms with Gasteiger partial charge in [0.2, 0.25) is 10.0 Å². The van der Waals surface area contributed by atoms with Crippen LogP contribution < -0.4 is 10.0 Å². The highest BCUT2D eigenvalue weighted by molar-refractivity contribution is 7.89. The molecule has 0 saturated heterocycles. The first-order valence-electron chi connectivity index (χ1n) is 8.44. The Labute approximate surface area is 158 Å². The van der Waals surface area contributed by atoms with Gasteiger partial charge in [0.15, 0.2) is 6.61 Å². The van der Waals surface area contributed by atoms with Crippen molar-refractivity contribution in [3.05, 3.63) is 28.8 Å².